The van der Waals surface area contributed by atoms with Crippen molar-refractivity contribution in [3.8, 4) is 0 Å². The number of methoxy groups -OCH3 is 1. The van der Waals surface area contributed by atoms with E-state index in [-0.39, 0.29) is 6.10 Å². The molecule has 3 rings (SSSR count). The van der Waals surface area contributed by atoms with Crippen LogP contribution in [0.5, 0.6) is 0 Å². The van der Waals surface area contributed by atoms with Crippen molar-refractivity contribution in [2.45, 2.75) is 39.0 Å². The third-order valence-electron chi connectivity index (χ3n) is 5.01. The minimum absolute atomic E-state index is 0.135. The molecule has 0 spiro atoms. The summed E-state index contributed by atoms with van der Waals surface area (Å²) >= 11 is 0. The van der Waals surface area contributed by atoms with Gasteiger partial charge < -0.3 is 9.26 Å². The maximum absolute atomic E-state index is 5.38. The van der Waals surface area contributed by atoms with Gasteiger partial charge in [0.1, 0.15) is 6.10 Å². The lowest BCUT2D eigenvalue weighted by molar-refractivity contribution is 0.109. The Morgan fingerprint density at radius 3 is 2.68 bits per heavy atom. The fourth-order valence-electron chi connectivity index (χ4n) is 3.27. The van der Waals surface area contributed by atoms with E-state index < -0.39 is 0 Å². The van der Waals surface area contributed by atoms with Gasteiger partial charge in [-0.2, -0.15) is 4.98 Å². The predicted octanol–water partition coefficient (Wildman–Crippen LogP) is 3.05. The molecule has 0 saturated carbocycles. The average molecular weight is 344 g/mol. The van der Waals surface area contributed by atoms with Crippen molar-refractivity contribution in [1.82, 2.24) is 19.9 Å². The zero-order valence-corrected chi connectivity index (χ0v) is 15.4. The first-order chi connectivity index (χ1) is 12.2. The smallest absolute Gasteiger partial charge is 0.240 e. The third-order valence-corrected chi connectivity index (χ3v) is 5.01. The molecule has 0 N–H and O–H groups in total. The van der Waals surface area contributed by atoms with E-state index in [0.29, 0.717) is 24.3 Å². The van der Waals surface area contributed by atoms with Gasteiger partial charge in [-0.05, 0) is 32.4 Å². The molecule has 2 aromatic rings. The van der Waals surface area contributed by atoms with E-state index in [4.69, 9.17) is 9.26 Å². The number of hydrogen-bond donors (Lipinski definition) is 0. The molecule has 1 aromatic carbocycles. The molecule has 0 radical (unpaired) electrons. The summed E-state index contributed by atoms with van der Waals surface area (Å²) in [6.07, 6.45) is 1.01. The molecule has 1 fully saturated rings. The Kier molecular flexibility index (Phi) is 6.18. The SMILES string of the molecule is COC(C)c1noc(CN2CCCN(C(C)c3ccccc3)CC2)n1. The Balaban J connectivity index is 1.55. The molecular weight excluding hydrogens is 316 g/mol. The molecule has 1 saturated heterocycles. The third kappa shape index (κ3) is 4.66. The van der Waals surface area contributed by atoms with Gasteiger partial charge in [0.25, 0.3) is 0 Å². The summed E-state index contributed by atoms with van der Waals surface area (Å²) in [6.45, 7) is 9.14. The molecule has 6 heteroatoms. The van der Waals surface area contributed by atoms with Crippen LogP contribution >= 0.6 is 0 Å². The van der Waals surface area contributed by atoms with Crippen molar-refractivity contribution in [2.24, 2.45) is 0 Å². The first-order valence-electron chi connectivity index (χ1n) is 9.04. The lowest BCUT2D eigenvalue weighted by atomic mass is 10.1. The van der Waals surface area contributed by atoms with E-state index in [1.165, 1.54) is 5.56 Å². The van der Waals surface area contributed by atoms with E-state index in [2.05, 4.69) is 57.2 Å². The standard InChI is InChI=1S/C19H28N4O2/c1-15(17-8-5-4-6-9-17)23-11-7-10-22(12-13-23)14-18-20-19(21-25-18)16(2)24-3/h4-6,8-9,15-16H,7,10-14H2,1-3H3. The minimum atomic E-state index is -0.135. The van der Waals surface area contributed by atoms with E-state index in [1.54, 1.807) is 7.11 Å². The summed E-state index contributed by atoms with van der Waals surface area (Å²) in [5.74, 6) is 1.29. The Morgan fingerprint density at radius 2 is 1.92 bits per heavy atom. The minimum Gasteiger partial charge on any atom is -0.374 e. The van der Waals surface area contributed by atoms with Crippen molar-refractivity contribution in [1.29, 1.82) is 0 Å². The molecule has 25 heavy (non-hydrogen) atoms. The number of nitrogens with zero attached hydrogens (tertiary/aromatic N) is 4. The fourth-order valence-corrected chi connectivity index (χ4v) is 3.27. The highest BCUT2D eigenvalue weighted by Gasteiger charge is 2.22. The molecule has 0 aliphatic carbocycles. The number of ether oxygens (including phenoxy) is 1. The van der Waals surface area contributed by atoms with Gasteiger partial charge in [-0.25, -0.2) is 0 Å². The summed E-state index contributed by atoms with van der Waals surface area (Å²) < 4.78 is 10.6. The second-order valence-electron chi connectivity index (χ2n) is 6.68. The van der Waals surface area contributed by atoms with Crippen molar-refractivity contribution in [2.75, 3.05) is 33.3 Å². The molecule has 6 nitrogen and oxygen atoms in total. The largest absolute Gasteiger partial charge is 0.374 e. The van der Waals surface area contributed by atoms with Crippen molar-refractivity contribution in [3.63, 3.8) is 0 Å². The lowest BCUT2D eigenvalue weighted by Crippen LogP contribution is -2.32. The zero-order valence-electron chi connectivity index (χ0n) is 15.4. The molecule has 1 aliphatic heterocycles. The highest BCUT2D eigenvalue weighted by atomic mass is 16.5. The van der Waals surface area contributed by atoms with Crippen LogP contribution in [0.4, 0.5) is 0 Å². The van der Waals surface area contributed by atoms with Gasteiger partial charge >= 0.3 is 0 Å². The number of aromatic nitrogens is 2. The van der Waals surface area contributed by atoms with Crippen molar-refractivity contribution >= 4 is 0 Å². The van der Waals surface area contributed by atoms with E-state index in [1.807, 2.05) is 6.92 Å². The van der Waals surface area contributed by atoms with Gasteiger partial charge in [-0.15, -0.1) is 0 Å². The zero-order chi connectivity index (χ0) is 17.6. The van der Waals surface area contributed by atoms with Crippen LogP contribution in [-0.4, -0.2) is 53.2 Å². The lowest BCUT2D eigenvalue weighted by Gasteiger charge is -2.28. The number of hydrogen-bond acceptors (Lipinski definition) is 6. The molecule has 0 bridgehead atoms. The highest BCUT2D eigenvalue weighted by molar-refractivity contribution is 5.18. The van der Waals surface area contributed by atoms with Crippen LogP contribution in [-0.2, 0) is 11.3 Å². The van der Waals surface area contributed by atoms with Crippen LogP contribution in [0, 0.1) is 0 Å². The highest BCUT2D eigenvalue weighted by Crippen LogP contribution is 2.22. The molecule has 1 aliphatic rings. The molecule has 2 heterocycles. The van der Waals surface area contributed by atoms with E-state index in [9.17, 15) is 0 Å². The van der Waals surface area contributed by atoms with Crippen LogP contribution in [0.25, 0.3) is 0 Å². The van der Waals surface area contributed by atoms with Gasteiger partial charge in [0.05, 0.1) is 6.54 Å². The normalized spacial score (nSPS) is 19.5. The molecule has 1 aromatic heterocycles. The van der Waals surface area contributed by atoms with Gasteiger partial charge in [-0.1, -0.05) is 35.5 Å². The predicted molar refractivity (Wildman–Crippen MR) is 96.0 cm³/mol. The fraction of sp³-hybridized carbons (Fsp3) is 0.579. The van der Waals surface area contributed by atoms with Crippen LogP contribution in [0.3, 0.4) is 0 Å². The molecular formula is C19H28N4O2. The number of rotatable bonds is 6. The maximum Gasteiger partial charge on any atom is 0.240 e. The van der Waals surface area contributed by atoms with Gasteiger partial charge in [0.15, 0.2) is 5.82 Å². The summed E-state index contributed by atoms with van der Waals surface area (Å²) in [6, 6.07) is 11.2. The van der Waals surface area contributed by atoms with Gasteiger partial charge in [0.2, 0.25) is 5.89 Å². The second kappa shape index (κ2) is 8.56. The Morgan fingerprint density at radius 1 is 1.12 bits per heavy atom. The summed E-state index contributed by atoms with van der Waals surface area (Å²) in [7, 11) is 1.65. The van der Waals surface area contributed by atoms with Gasteiger partial charge in [-0.3, -0.25) is 9.80 Å². The Labute approximate surface area is 149 Å². The molecule has 2 unspecified atom stereocenters. The molecule has 0 amide bonds. The average Bonchev–Trinajstić information content (AvgIpc) is 2.99. The van der Waals surface area contributed by atoms with Crippen LogP contribution in [0.1, 0.15) is 49.7 Å². The van der Waals surface area contributed by atoms with Crippen LogP contribution < -0.4 is 0 Å². The van der Waals surface area contributed by atoms with Crippen molar-refractivity contribution in [3.05, 3.63) is 47.6 Å². The quantitative estimate of drug-likeness (QED) is 0.803. The maximum atomic E-state index is 5.38. The first-order valence-corrected chi connectivity index (χ1v) is 9.04. The monoisotopic (exact) mass is 344 g/mol. The Bertz CT molecular complexity index is 646. The number of benzene rings is 1. The van der Waals surface area contributed by atoms with E-state index in [0.717, 1.165) is 32.6 Å². The van der Waals surface area contributed by atoms with E-state index >= 15 is 0 Å². The summed E-state index contributed by atoms with van der Waals surface area (Å²) in [4.78, 5) is 9.40. The van der Waals surface area contributed by atoms with Gasteiger partial charge in [0, 0.05) is 32.8 Å². The van der Waals surface area contributed by atoms with Crippen LogP contribution in [0.15, 0.2) is 34.9 Å². The van der Waals surface area contributed by atoms with Crippen molar-refractivity contribution < 1.29 is 9.26 Å². The summed E-state index contributed by atoms with van der Waals surface area (Å²) in [5, 5.41) is 4.01. The summed E-state index contributed by atoms with van der Waals surface area (Å²) in [5.41, 5.74) is 1.38. The molecule has 2 atom stereocenters. The topological polar surface area (TPSA) is 54.6 Å². The first kappa shape index (κ1) is 18.0. The Hall–Kier alpha value is -1.76. The molecule has 136 valence electrons. The second-order valence-corrected chi connectivity index (χ2v) is 6.68. The van der Waals surface area contributed by atoms with Crippen LogP contribution in [0.2, 0.25) is 0 Å².